The molecule has 2 rings (SSSR count). The Morgan fingerprint density at radius 2 is 2.40 bits per heavy atom. The highest BCUT2D eigenvalue weighted by Gasteiger charge is 2.03. The fraction of sp³-hybridized carbons (Fsp3) is 0.300. The summed E-state index contributed by atoms with van der Waals surface area (Å²) in [7, 11) is 1.67. The van der Waals surface area contributed by atoms with Gasteiger partial charge >= 0.3 is 0 Å². The Bertz CT molecular complexity index is 458. The molecular weight excluding hydrogens is 276 g/mol. The van der Waals surface area contributed by atoms with Gasteiger partial charge in [-0.3, -0.25) is 0 Å². The number of fused-ring (bicyclic) bond motifs is 1. The van der Waals surface area contributed by atoms with Crippen molar-refractivity contribution in [2.24, 2.45) is 0 Å². The zero-order chi connectivity index (χ0) is 10.7. The van der Waals surface area contributed by atoms with E-state index >= 15 is 0 Å². The van der Waals surface area contributed by atoms with E-state index in [-0.39, 0.29) is 0 Å². The van der Waals surface area contributed by atoms with Crippen LogP contribution < -0.4 is 10.1 Å². The zero-order valence-electron chi connectivity index (χ0n) is 8.29. The number of nitrogens with one attached hydrogen (secondary N) is 1. The first-order valence-corrected chi connectivity index (χ1v) is 6.51. The van der Waals surface area contributed by atoms with Crippen LogP contribution in [0.4, 0.5) is 5.13 Å². The molecule has 15 heavy (non-hydrogen) atoms. The number of hydrogen-bond donors (Lipinski definition) is 1. The second-order valence-corrected chi connectivity index (χ2v) is 4.79. The van der Waals surface area contributed by atoms with E-state index in [2.05, 4.69) is 26.2 Å². The molecule has 3 nitrogen and oxygen atoms in total. The fourth-order valence-corrected chi connectivity index (χ4v) is 2.38. The molecular formula is C10H11BrN2OS. The maximum atomic E-state index is 5.16. The van der Waals surface area contributed by atoms with E-state index in [4.69, 9.17) is 4.74 Å². The van der Waals surface area contributed by atoms with Gasteiger partial charge in [0, 0.05) is 11.9 Å². The van der Waals surface area contributed by atoms with Gasteiger partial charge in [0.2, 0.25) is 0 Å². The number of hydrogen-bond acceptors (Lipinski definition) is 4. The third-order valence-corrected chi connectivity index (χ3v) is 3.34. The van der Waals surface area contributed by atoms with E-state index in [1.54, 1.807) is 18.4 Å². The lowest BCUT2D eigenvalue weighted by atomic mass is 10.3. The van der Waals surface area contributed by atoms with Crippen LogP contribution in [0.25, 0.3) is 10.2 Å². The average Bonchev–Trinajstić information content (AvgIpc) is 2.67. The van der Waals surface area contributed by atoms with E-state index in [1.807, 2.05) is 18.2 Å². The van der Waals surface area contributed by atoms with Gasteiger partial charge in [0.25, 0.3) is 0 Å². The molecule has 0 spiro atoms. The van der Waals surface area contributed by atoms with Crippen LogP contribution in [0.1, 0.15) is 0 Å². The Morgan fingerprint density at radius 3 is 3.13 bits per heavy atom. The summed E-state index contributed by atoms with van der Waals surface area (Å²) >= 11 is 5.01. The quantitative estimate of drug-likeness (QED) is 0.877. The number of rotatable bonds is 4. The van der Waals surface area contributed by atoms with Crippen LogP contribution in [0.5, 0.6) is 5.75 Å². The first-order chi connectivity index (χ1) is 7.33. The molecule has 0 unspecified atom stereocenters. The molecule has 80 valence electrons. The number of benzene rings is 1. The Hall–Kier alpha value is -0.810. The van der Waals surface area contributed by atoms with Gasteiger partial charge in [-0.05, 0) is 18.2 Å². The SMILES string of the molecule is COc1ccc2nc(NCCBr)sc2c1. The summed E-state index contributed by atoms with van der Waals surface area (Å²) in [5.41, 5.74) is 1.01. The summed E-state index contributed by atoms with van der Waals surface area (Å²) in [5, 5.41) is 5.12. The molecule has 5 heteroatoms. The van der Waals surface area contributed by atoms with Crippen molar-refractivity contribution in [2.75, 3.05) is 24.3 Å². The van der Waals surface area contributed by atoms with E-state index < -0.39 is 0 Å². The zero-order valence-corrected chi connectivity index (χ0v) is 10.7. The standard InChI is InChI=1S/C10H11BrN2OS/c1-14-7-2-3-8-9(6-7)15-10(13-8)12-5-4-11/h2-3,6H,4-5H2,1H3,(H,12,13). The maximum Gasteiger partial charge on any atom is 0.183 e. The largest absolute Gasteiger partial charge is 0.497 e. The molecule has 0 aliphatic rings. The number of thiazole rings is 1. The van der Waals surface area contributed by atoms with E-state index in [0.717, 1.165) is 33.0 Å². The van der Waals surface area contributed by atoms with Crippen molar-refractivity contribution in [3.63, 3.8) is 0 Å². The number of nitrogens with zero attached hydrogens (tertiary/aromatic N) is 1. The van der Waals surface area contributed by atoms with Crippen LogP contribution in [0.2, 0.25) is 0 Å². The van der Waals surface area contributed by atoms with E-state index in [9.17, 15) is 0 Å². The number of alkyl halides is 1. The fourth-order valence-electron chi connectivity index (χ4n) is 1.26. The summed E-state index contributed by atoms with van der Waals surface area (Å²) in [5.74, 6) is 0.873. The molecule has 2 aromatic rings. The second kappa shape index (κ2) is 4.81. The van der Waals surface area contributed by atoms with Crippen LogP contribution >= 0.6 is 27.3 Å². The van der Waals surface area contributed by atoms with Crippen LogP contribution in [0, 0.1) is 0 Å². The monoisotopic (exact) mass is 286 g/mol. The number of ether oxygens (including phenoxy) is 1. The molecule has 0 radical (unpaired) electrons. The summed E-state index contributed by atoms with van der Waals surface area (Å²) in [6, 6.07) is 5.91. The van der Waals surface area contributed by atoms with Crippen molar-refractivity contribution in [3.8, 4) is 5.75 Å². The van der Waals surface area contributed by atoms with E-state index in [1.165, 1.54) is 0 Å². The van der Waals surface area contributed by atoms with Gasteiger partial charge in [0.1, 0.15) is 5.75 Å². The van der Waals surface area contributed by atoms with Gasteiger partial charge < -0.3 is 10.1 Å². The van der Waals surface area contributed by atoms with Gasteiger partial charge in [-0.25, -0.2) is 4.98 Å². The predicted octanol–water partition coefficient (Wildman–Crippen LogP) is 3.11. The van der Waals surface area contributed by atoms with Crippen LogP contribution in [-0.2, 0) is 0 Å². The van der Waals surface area contributed by atoms with Gasteiger partial charge in [-0.1, -0.05) is 27.3 Å². The molecule has 1 N–H and O–H groups in total. The molecule has 0 aliphatic heterocycles. The smallest absolute Gasteiger partial charge is 0.183 e. The maximum absolute atomic E-state index is 5.16. The molecule has 0 amide bonds. The van der Waals surface area contributed by atoms with Crippen molar-refractivity contribution in [1.29, 1.82) is 0 Å². The lowest BCUT2D eigenvalue weighted by Gasteiger charge is -1.96. The molecule has 0 saturated carbocycles. The molecule has 0 atom stereocenters. The first-order valence-electron chi connectivity index (χ1n) is 4.58. The van der Waals surface area contributed by atoms with Gasteiger partial charge in [-0.2, -0.15) is 0 Å². The number of methoxy groups -OCH3 is 1. The normalized spacial score (nSPS) is 10.5. The van der Waals surface area contributed by atoms with Crippen molar-refractivity contribution >= 4 is 42.6 Å². The van der Waals surface area contributed by atoms with Crippen LogP contribution in [-0.4, -0.2) is 24.0 Å². The number of halogens is 1. The summed E-state index contributed by atoms with van der Waals surface area (Å²) < 4.78 is 6.31. The van der Waals surface area contributed by atoms with E-state index in [0.29, 0.717) is 0 Å². The third-order valence-electron chi connectivity index (χ3n) is 1.97. The summed E-state index contributed by atoms with van der Waals surface area (Å²) in [4.78, 5) is 4.46. The van der Waals surface area contributed by atoms with Crippen molar-refractivity contribution in [3.05, 3.63) is 18.2 Å². The van der Waals surface area contributed by atoms with Gasteiger partial charge in [-0.15, -0.1) is 0 Å². The Labute approximate surface area is 101 Å². The van der Waals surface area contributed by atoms with Crippen LogP contribution in [0.15, 0.2) is 18.2 Å². The van der Waals surface area contributed by atoms with Gasteiger partial charge in [0.05, 0.1) is 17.3 Å². The third kappa shape index (κ3) is 2.41. The number of aromatic nitrogens is 1. The highest BCUT2D eigenvalue weighted by atomic mass is 79.9. The lowest BCUT2D eigenvalue weighted by molar-refractivity contribution is 0.415. The molecule has 1 aromatic carbocycles. The predicted molar refractivity (Wildman–Crippen MR) is 68.5 cm³/mol. The first kappa shape index (κ1) is 10.7. The number of anilines is 1. The van der Waals surface area contributed by atoms with Crippen molar-refractivity contribution in [1.82, 2.24) is 4.98 Å². The van der Waals surface area contributed by atoms with Crippen molar-refractivity contribution in [2.45, 2.75) is 0 Å². The topological polar surface area (TPSA) is 34.1 Å². The highest BCUT2D eigenvalue weighted by molar-refractivity contribution is 9.09. The molecule has 1 heterocycles. The van der Waals surface area contributed by atoms with Gasteiger partial charge in [0.15, 0.2) is 5.13 Å². The minimum absolute atomic E-state index is 0.873. The summed E-state index contributed by atoms with van der Waals surface area (Å²) in [6.07, 6.45) is 0. The summed E-state index contributed by atoms with van der Waals surface area (Å²) in [6.45, 7) is 0.886. The molecule has 0 saturated heterocycles. The Balaban J connectivity index is 2.29. The second-order valence-electron chi connectivity index (χ2n) is 2.97. The Kier molecular flexibility index (Phi) is 3.43. The molecule has 1 aromatic heterocycles. The molecule has 0 aliphatic carbocycles. The molecule has 0 fully saturated rings. The minimum atomic E-state index is 0.873. The average molecular weight is 287 g/mol. The minimum Gasteiger partial charge on any atom is -0.497 e. The Morgan fingerprint density at radius 1 is 1.53 bits per heavy atom. The van der Waals surface area contributed by atoms with Crippen molar-refractivity contribution < 1.29 is 4.74 Å². The molecule has 0 bridgehead atoms. The highest BCUT2D eigenvalue weighted by Crippen LogP contribution is 2.28. The van der Waals surface area contributed by atoms with Crippen LogP contribution in [0.3, 0.4) is 0 Å². The lowest BCUT2D eigenvalue weighted by Crippen LogP contribution is -2.00.